The van der Waals surface area contributed by atoms with Crippen LogP contribution in [0.15, 0.2) is 48.5 Å². The average Bonchev–Trinajstić information content (AvgIpc) is 3.13. The van der Waals surface area contributed by atoms with Crippen molar-refractivity contribution in [1.29, 1.82) is 0 Å². The molecular formula is C22H26N2O4. The maximum atomic E-state index is 12.6. The van der Waals surface area contributed by atoms with Crippen molar-refractivity contribution in [2.75, 3.05) is 32.2 Å². The zero-order valence-corrected chi connectivity index (χ0v) is 16.5. The van der Waals surface area contributed by atoms with Crippen molar-refractivity contribution in [1.82, 2.24) is 5.32 Å². The van der Waals surface area contributed by atoms with Gasteiger partial charge in [-0.3, -0.25) is 9.59 Å². The molecule has 1 N–H and O–H groups in total. The van der Waals surface area contributed by atoms with Crippen molar-refractivity contribution >= 4 is 17.5 Å². The Morgan fingerprint density at radius 1 is 1.18 bits per heavy atom. The van der Waals surface area contributed by atoms with Crippen LogP contribution in [0.5, 0.6) is 11.5 Å². The number of anilines is 1. The first-order chi connectivity index (χ1) is 13.5. The van der Waals surface area contributed by atoms with Gasteiger partial charge >= 0.3 is 0 Å². The number of amides is 2. The molecule has 3 rings (SSSR count). The highest BCUT2D eigenvalue weighted by Crippen LogP contribution is 2.36. The molecule has 148 valence electrons. The number of hydrogen-bond acceptors (Lipinski definition) is 4. The first-order valence-electron chi connectivity index (χ1n) is 9.38. The number of methoxy groups -OCH3 is 2. The van der Waals surface area contributed by atoms with Crippen LogP contribution in [0.25, 0.3) is 0 Å². The number of rotatable bonds is 7. The van der Waals surface area contributed by atoms with E-state index in [2.05, 4.69) is 12.2 Å². The highest BCUT2D eigenvalue weighted by Gasteiger charge is 2.36. The SMILES string of the molecule is COc1ccc(OC)c(N2CC(C(=O)NCC(C)c3ccccc3)CC2=O)c1. The highest BCUT2D eigenvalue weighted by atomic mass is 16.5. The molecule has 2 amide bonds. The van der Waals surface area contributed by atoms with E-state index in [0.29, 0.717) is 30.3 Å². The zero-order chi connectivity index (χ0) is 20.1. The number of hydrogen-bond donors (Lipinski definition) is 1. The van der Waals surface area contributed by atoms with Crippen LogP contribution >= 0.6 is 0 Å². The molecule has 1 aliphatic rings. The minimum atomic E-state index is -0.383. The number of benzene rings is 2. The maximum Gasteiger partial charge on any atom is 0.227 e. The van der Waals surface area contributed by atoms with Gasteiger partial charge in [-0.2, -0.15) is 0 Å². The largest absolute Gasteiger partial charge is 0.497 e. The van der Waals surface area contributed by atoms with Crippen LogP contribution in [0.1, 0.15) is 24.8 Å². The van der Waals surface area contributed by atoms with Crippen molar-refractivity contribution in [3.05, 3.63) is 54.1 Å². The summed E-state index contributed by atoms with van der Waals surface area (Å²) in [5.41, 5.74) is 1.80. The summed E-state index contributed by atoms with van der Waals surface area (Å²) < 4.78 is 10.6. The molecule has 1 saturated heterocycles. The molecule has 2 atom stereocenters. The summed E-state index contributed by atoms with van der Waals surface area (Å²) in [4.78, 5) is 26.8. The average molecular weight is 382 g/mol. The van der Waals surface area contributed by atoms with Crippen molar-refractivity contribution in [3.8, 4) is 11.5 Å². The van der Waals surface area contributed by atoms with Gasteiger partial charge < -0.3 is 19.7 Å². The van der Waals surface area contributed by atoms with Gasteiger partial charge in [0, 0.05) is 25.6 Å². The molecule has 28 heavy (non-hydrogen) atoms. The summed E-state index contributed by atoms with van der Waals surface area (Å²) in [6.07, 6.45) is 0.186. The second-order valence-corrected chi connectivity index (χ2v) is 7.00. The third kappa shape index (κ3) is 4.27. The van der Waals surface area contributed by atoms with Gasteiger partial charge in [-0.1, -0.05) is 37.3 Å². The molecule has 6 heteroatoms. The van der Waals surface area contributed by atoms with Crippen molar-refractivity contribution in [2.24, 2.45) is 5.92 Å². The van der Waals surface area contributed by atoms with Crippen LogP contribution in [0.4, 0.5) is 5.69 Å². The van der Waals surface area contributed by atoms with E-state index in [-0.39, 0.29) is 30.1 Å². The van der Waals surface area contributed by atoms with E-state index in [1.165, 1.54) is 5.56 Å². The predicted octanol–water partition coefficient (Wildman–Crippen LogP) is 2.98. The smallest absolute Gasteiger partial charge is 0.227 e. The topological polar surface area (TPSA) is 67.9 Å². The van der Waals surface area contributed by atoms with Crippen LogP contribution in [0.3, 0.4) is 0 Å². The lowest BCUT2D eigenvalue weighted by Gasteiger charge is -2.20. The van der Waals surface area contributed by atoms with Crippen molar-refractivity contribution in [2.45, 2.75) is 19.3 Å². The second kappa shape index (κ2) is 8.78. The van der Waals surface area contributed by atoms with Crippen LogP contribution in [-0.4, -0.2) is 39.1 Å². The lowest BCUT2D eigenvalue weighted by molar-refractivity contribution is -0.126. The van der Waals surface area contributed by atoms with Crippen molar-refractivity contribution in [3.63, 3.8) is 0 Å². The van der Waals surface area contributed by atoms with Gasteiger partial charge in [-0.25, -0.2) is 0 Å². The van der Waals surface area contributed by atoms with Gasteiger partial charge in [0.1, 0.15) is 11.5 Å². The number of nitrogens with zero attached hydrogens (tertiary/aromatic N) is 1. The van der Waals surface area contributed by atoms with E-state index >= 15 is 0 Å². The fourth-order valence-corrected chi connectivity index (χ4v) is 3.42. The molecule has 0 bridgehead atoms. The Kier molecular flexibility index (Phi) is 6.19. The quantitative estimate of drug-likeness (QED) is 0.799. The number of nitrogens with one attached hydrogen (secondary N) is 1. The van der Waals surface area contributed by atoms with E-state index in [9.17, 15) is 9.59 Å². The van der Waals surface area contributed by atoms with Crippen molar-refractivity contribution < 1.29 is 19.1 Å². The molecule has 0 radical (unpaired) electrons. The third-order valence-electron chi connectivity index (χ3n) is 5.12. The van der Waals surface area contributed by atoms with E-state index in [1.807, 2.05) is 30.3 Å². The molecule has 6 nitrogen and oxygen atoms in total. The normalized spacial score (nSPS) is 17.3. The van der Waals surface area contributed by atoms with E-state index < -0.39 is 0 Å². The summed E-state index contributed by atoms with van der Waals surface area (Å²) in [7, 11) is 3.13. The van der Waals surface area contributed by atoms with Gasteiger partial charge in [0.05, 0.1) is 25.8 Å². The van der Waals surface area contributed by atoms with E-state index in [4.69, 9.17) is 9.47 Å². The zero-order valence-electron chi connectivity index (χ0n) is 16.5. The lowest BCUT2D eigenvalue weighted by Crippen LogP contribution is -2.35. The summed E-state index contributed by atoms with van der Waals surface area (Å²) in [6, 6.07) is 15.3. The van der Waals surface area contributed by atoms with E-state index in [1.54, 1.807) is 37.3 Å². The molecule has 0 aliphatic carbocycles. The van der Waals surface area contributed by atoms with Gasteiger partial charge in [0.2, 0.25) is 11.8 Å². The first-order valence-corrected chi connectivity index (χ1v) is 9.38. The predicted molar refractivity (Wildman–Crippen MR) is 108 cm³/mol. The third-order valence-corrected chi connectivity index (χ3v) is 5.12. The minimum Gasteiger partial charge on any atom is -0.497 e. The number of ether oxygens (including phenoxy) is 2. The van der Waals surface area contributed by atoms with Gasteiger partial charge in [0.15, 0.2) is 0 Å². The van der Waals surface area contributed by atoms with Crippen LogP contribution in [0.2, 0.25) is 0 Å². The molecule has 1 aliphatic heterocycles. The maximum absolute atomic E-state index is 12.6. The number of carbonyl (C=O) groups excluding carboxylic acids is 2. The molecule has 1 heterocycles. The fourth-order valence-electron chi connectivity index (χ4n) is 3.42. The van der Waals surface area contributed by atoms with Crippen LogP contribution in [-0.2, 0) is 9.59 Å². The lowest BCUT2D eigenvalue weighted by atomic mass is 10.0. The Balaban J connectivity index is 1.65. The Morgan fingerprint density at radius 3 is 2.61 bits per heavy atom. The molecule has 2 unspecified atom stereocenters. The summed E-state index contributed by atoms with van der Waals surface area (Å²) in [5.74, 6) is 0.840. The Morgan fingerprint density at radius 2 is 1.93 bits per heavy atom. The monoisotopic (exact) mass is 382 g/mol. The molecular weight excluding hydrogens is 356 g/mol. The van der Waals surface area contributed by atoms with Crippen LogP contribution in [0, 0.1) is 5.92 Å². The summed E-state index contributed by atoms with van der Waals surface area (Å²) >= 11 is 0. The molecule has 0 aromatic heterocycles. The summed E-state index contributed by atoms with van der Waals surface area (Å²) in [5, 5.41) is 2.99. The Hall–Kier alpha value is -3.02. The van der Waals surface area contributed by atoms with Gasteiger partial charge in [-0.05, 0) is 23.6 Å². The number of carbonyl (C=O) groups is 2. The Bertz CT molecular complexity index is 838. The van der Waals surface area contributed by atoms with Gasteiger partial charge in [0.25, 0.3) is 0 Å². The molecule has 2 aromatic rings. The second-order valence-electron chi connectivity index (χ2n) is 7.00. The van der Waals surface area contributed by atoms with Gasteiger partial charge in [-0.15, -0.1) is 0 Å². The first kappa shape index (κ1) is 19.7. The molecule has 2 aromatic carbocycles. The van der Waals surface area contributed by atoms with Crippen LogP contribution < -0.4 is 19.7 Å². The van der Waals surface area contributed by atoms with E-state index in [0.717, 1.165) is 0 Å². The fraction of sp³-hybridized carbons (Fsp3) is 0.364. The molecule has 0 spiro atoms. The standard InChI is InChI=1S/C22H26N2O4/c1-15(16-7-5-4-6-8-16)13-23-22(26)17-11-21(25)24(14-17)19-12-18(27-2)9-10-20(19)28-3/h4-10,12,15,17H,11,13-14H2,1-3H3,(H,23,26). The summed E-state index contributed by atoms with van der Waals surface area (Å²) in [6.45, 7) is 2.94. The Labute approximate surface area is 165 Å². The molecule has 1 fully saturated rings. The molecule has 0 saturated carbocycles. The minimum absolute atomic E-state index is 0.0946. The highest BCUT2D eigenvalue weighted by molar-refractivity contribution is 6.01.